The maximum absolute atomic E-state index is 12.6. The molecule has 1 atom stereocenters. The summed E-state index contributed by atoms with van der Waals surface area (Å²) in [6, 6.07) is 8.37. The van der Waals surface area contributed by atoms with Gasteiger partial charge in [-0.2, -0.15) is 0 Å². The standard InChI is InChI=1S/C15H15NO3S/c1-10-3-5-13(6-4-10)20(18,19)16-8-7-12-9-11(2)15(17)14(12)16/h3-8,11H,9H2,1-2H3/t11-/m1/s1. The van der Waals surface area contributed by atoms with Crippen LogP contribution in [-0.4, -0.2) is 18.2 Å². The topological polar surface area (TPSA) is 56.1 Å². The molecule has 104 valence electrons. The van der Waals surface area contributed by atoms with Crippen LogP contribution in [0.1, 0.15) is 28.5 Å². The Labute approximate surface area is 118 Å². The molecule has 2 aromatic rings. The number of aromatic nitrogens is 1. The molecule has 0 amide bonds. The first-order valence-corrected chi connectivity index (χ1v) is 7.92. The number of Topliss-reactive ketones (excluding diaryl/α,β-unsaturated/α-hetero) is 1. The summed E-state index contributed by atoms with van der Waals surface area (Å²) in [5.41, 5.74) is 2.13. The molecular formula is C15H15NO3S. The molecule has 1 heterocycles. The zero-order valence-electron chi connectivity index (χ0n) is 11.3. The third kappa shape index (κ3) is 1.81. The highest BCUT2D eigenvalue weighted by atomic mass is 32.2. The van der Waals surface area contributed by atoms with Crippen molar-refractivity contribution in [3.05, 3.63) is 53.3 Å². The van der Waals surface area contributed by atoms with Crippen molar-refractivity contribution in [2.45, 2.75) is 25.2 Å². The molecule has 3 rings (SSSR count). The average Bonchev–Trinajstić information content (AvgIpc) is 2.92. The maximum Gasteiger partial charge on any atom is 0.268 e. The highest BCUT2D eigenvalue weighted by Gasteiger charge is 2.34. The number of fused-ring (bicyclic) bond motifs is 1. The van der Waals surface area contributed by atoms with Crippen LogP contribution in [0.3, 0.4) is 0 Å². The largest absolute Gasteiger partial charge is 0.292 e. The molecular weight excluding hydrogens is 274 g/mol. The maximum atomic E-state index is 12.6. The number of rotatable bonds is 2. The van der Waals surface area contributed by atoms with Crippen LogP contribution in [0.5, 0.6) is 0 Å². The number of nitrogens with zero attached hydrogens (tertiary/aromatic N) is 1. The average molecular weight is 289 g/mol. The van der Waals surface area contributed by atoms with Gasteiger partial charge < -0.3 is 0 Å². The van der Waals surface area contributed by atoms with Gasteiger partial charge in [-0.1, -0.05) is 24.6 Å². The Morgan fingerprint density at radius 3 is 2.45 bits per heavy atom. The number of ketones is 1. The Balaban J connectivity index is 2.15. The van der Waals surface area contributed by atoms with Crippen molar-refractivity contribution < 1.29 is 13.2 Å². The van der Waals surface area contributed by atoms with E-state index in [9.17, 15) is 13.2 Å². The second kappa shape index (κ2) is 4.31. The lowest BCUT2D eigenvalue weighted by atomic mass is 10.1. The molecule has 5 heteroatoms. The van der Waals surface area contributed by atoms with Gasteiger partial charge in [-0.05, 0) is 37.1 Å². The molecule has 4 nitrogen and oxygen atoms in total. The molecule has 0 saturated carbocycles. The van der Waals surface area contributed by atoms with Crippen LogP contribution in [-0.2, 0) is 16.4 Å². The van der Waals surface area contributed by atoms with Gasteiger partial charge in [0.15, 0.2) is 5.78 Å². The zero-order valence-corrected chi connectivity index (χ0v) is 12.1. The molecule has 1 aromatic carbocycles. The number of aryl methyl sites for hydroxylation is 1. The summed E-state index contributed by atoms with van der Waals surface area (Å²) in [6.45, 7) is 3.72. The normalized spacial score (nSPS) is 18.3. The minimum absolute atomic E-state index is 0.0966. The summed E-state index contributed by atoms with van der Waals surface area (Å²) >= 11 is 0. The van der Waals surface area contributed by atoms with Gasteiger partial charge in [-0.15, -0.1) is 0 Å². The van der Waals surface area contributed by atoms with Gasteiger partial charge in [0.05, 0.1) is 4.90 Å². The van der Waals surface area contributed by atoms with Crippen molar-refractivity contribution in [2.75, 3.05) is 0 Å². The van der Waals surface area contributed by atoms with Gasteiger partial charge in [-0.3, -0.25) is 4.79 Å². The predicted molar refractivity (Wildman–Crippen MR) is 75.4 cm³/mol. The van der Waals surface area contributed by atoms with Crippen LogP contribution in [0, 0.1) is 12.8 Å². The first-order valence-electron chi connectivity index (χ1n) is 6.48. The number of carbonyl (C=O) groups excluding carboxylic acids is 1. The lowest BCUT2D eigenvalue weighted by Crippen LogP contribution is -2.18. The number of benzene rings is 1. The summed E-state index contributed by atoms with van der Waals surface area (Å²) in [6.07, 6.45) is 2.09. The van der Waals surface area contributed by atoms with Crippen molar-refractivity contribution in [1.29, 1.82) is 0 Å². The minimum atomic E-state index is -3.70. The van der Waals surface area contributed by atoms with E-state index in [0.717, 1.165) is 15.1 Å². The van der Waals surface area contributed by atoms with E-state index in [-0.39, 0.29) is 16.6 Å². The van der Waals surface area contributed by atoms with E-state index in [2.05, 4.69) is 0 Å². The highest BCUT2D eigenvalue weighted by Crippen LogP contribution is 2.30. The van der Waals surface area contributed by atoms with Gasteiger partial charge in [0, 0.05) is 12.1 Å². The SMILES string of the molecule is Cc1ccc(S(=O)(=O)n2ccc3c2C(=O)[C@H](C)C3)cc1. The number of carbonyl (C=O) groups is 1. The van der Waals surface area contributed by atoms with Crippen molar-refractivity contribution in [1.82, 2.24) is 3.97 Å². The fourth-order valence-electron chi connectivity index (χ4n) is 2.56. The van der Waals surface area contributed by atoms with E-state index >= 15 is 0 Å². The third-order valence-corrected chi connectivity index (χ3v) is 5.41. The van der Waals surface area contributed by atoms with E-state index in [0.29, 0.717) is 12.1 Å². The molecule has 0 spiro atoms. The summed E-state index contributed by atoms with van der Waals surface area (Å²) in [7, 11) is -3.70. The molecule has 0 radical (unpaired) electrons. The summed E-state index contributed by atoms with van der Waals surface area (Å²) in [5.74, 6) is -0.235. The monoisotopic (exact) mass is 289 g/mol. The Morgan fingerprint density at radius 1 is 1.15 bits per heavy atom. The molecule has 0 bridgehead atoms. The second-order valence-electron chi connectivity index (χ2n) is 5.27. The molecule has 1 aliphatic rings. The van der Waals surface area contributed by atoms with Crippen LogP contribution in [0.4, 0.5) is 0 Å². The quantitative estimate of drug-likeness (QED) is 0.853. The van der Waals surface area contributed by atoms with Gasteiger partial charge in [0.1, 0.15) is 5.69 Å². The second-order valence-corrected chi connectivity index (χ2v) is 7.09. The van der Waals surface area contributed by atoms with E-state index in [1.807, 2.05) is 13.8 Å². The molecule has 1 aromatic heterocycles. The van der Waals surface area contributed by atoms with Gasteiger partial charge in [0.2, 0.25) is 0 Å². The summed E-state index contributed by atoms with van der Waals surface area (Å²) in [5, 5.41) is 0. The van der Waals surface area contributed by atoms with Crippen LogP contribution in [0.15, 0.2) is 41.4 Å². The lowest BCUT2D eigenvalue weighted by molar-refractivity contribution is 0.0940. The van der Waals surface area contributed by atoms with Crippen molar-refractivity contribution in [2.24, 2.45) is 5.92 Å². The smallest absolute Gasteiger partial charge is 0.268 e. The fourth-order valence-corrected chi connectivity index (χ4v) is 3.94. The fraction of sp³-hybridized carbons (Fsp3) is 0.267. The van der Waals surface area contributed by atoms with Gasteiger partial charge in [0.25, 0.3) is 10.0 Å². The molecule has 0 aliphatic heterocycles. The van der Waals surface area contributed by atoms with Gasteiger partial charge >= 0.3 is 0 Å². The van der Waals surface area contributed by atoms with E-state index in [4.69, 9.17) is 0 Å². The Bertz CT molecular complexity index is 785. The highest BCUT2D eigenvalue weighted by molar-refractivity contribution is 7.90. The minimum Gasteiger partial charge on any atom is -0.292 e. The summed E-state index contributed by atoms with van der Waals surface area (Å²) < 4.78 is 26.4. The lowest BCUT2D eigenvalue weighted by Gasteiger charge is -2.09. The molecule has 20 heavy (non-hydrogen) atoms. The van der Waals surface area contributed by atoms with Crippen LogP contribution < -0.4 is 0 Å². The third-order valence-electron chi connectivity index (χ3n) is 3.72. The molecule has 1 aliphatic carbocycles. The predicted octanol–water partition coefficient (Wildman–Crippen LogP) is 2.41. The molecule has 0 saturated heterocycles. The van der Waals surface area contributed by atoms with E-state index in [1.165, 1.54) is 6.20 Å². The van der Waals surface area contributed by atoms with Crippen molar-refractivity contribution in [3.63, 3.8) is 0 Å². The van der Waals surface area contributed by atoms with Crippen molar-refractivity contribution >= 4 is 15.8 Å². The molecule has 0 fully saturated rings. The van der Waals surface area contributed by atoms with E-state index in [1.54, 1.807) is 30.3 Å². The Kier molecular flexibility index (Phi) is 2.83. The first kappa shape index (κ1) is 13.1. The van der Waals surface area contributed by atoms with Crippen LogP contribution in [0.2, 0.25) is 0 Å². The molecule has 0 N–H and O–H groups in total. The summed E-state index contributed by atoms with van der Waals surface area (Å²) in [4.78, 5) is 12.3. The molecule has 0 unspecified atom stereocenters. The Morgan fingerprint density at radius 2 is 1.80 bits per heavy atom. The van der Waals surface area contributed by atoms with E-state index < -0.39 is 10.0 Å². The van der Waals surface area contributed by atoms with Crippen LogP contribution >= 0.6 is 0 Å². The van der Waals surface area contributed by atoms with Crippen molar-refractivity contribution in [3.8, 4) is 0 Å². The zero-order chi connectivity index (χ0) is 14.5. The van der Waals surface area contributed by atoms with Gasteiger partial charge in [-0.25, -0.2) is 12.4 Å². The number of hydrogen-bond acceptors (Lipinski definition) is 3. The van der Waals surface area contributed by atoms with Crippen LogP contribution in [0.25, 0.3) is 0 Å². The first-order chi connectivity index (χ1) is 9.41. The Hall–Kier alpha value is -1.88. The number of hydrogen-bond donors (Lipinski definition) is 0.